The molecule has 2 atom stereocenters. The molecule has 4 rings (SSSR count). The summed E-state index contributed by atoms with van der Waals surface area (Å²) in [6, 6.07) is 13.6. The Labute approximate surface area is 155 Å². The van der Waals surface area contributed by atoms with Crippen LogP contribution in [0.25, 0.3) is 10.4 Å². The summed E-state index contributed by atoms with van der Waals surface area (Å²) in [6.07, 6.45) is 0.0399. The molecule has 0 aliphatic carbocycles. The number of aliphatic hydroxyl groups is 1. The molecule has 0 radical (unpaired) electrons. The number of carbonyl (C=O) groups excluding carboxylic acids is 1. The number of hydrogen-bond donors (Lipinski definition) is 1. The maximum absolute atomic E-state index is 12.8. The topological polar surface area (TPSA) is 66.6 Å². The number of hydrogen-bond acceptors (Lipinski definition) is 5. The Morgan fingerprint density at radius 3 is 2.77 bits per heavy atom. The minimum absolute atomic E-state index is 0.0308. The van der Waals surface area contributed by atoms with Crippen LogP contribution in [0.3, 0.4) is 0 Å². The molecule has 134 valence electrons. The molecular weight excluding hydrogens is 348 g/mol. The standard InChI is InChI=1S/C20H20N2O3S/c1-13-9-17(25-21-13)10-16-11-22(12-18(16)23)20(24)15-6-4-14(5-7-15)19-3-2-8-26-19/h2-9,16,18,23H,10-12H2,1H3/t16-,18-/m1/s1. The van der Waals surface area contributed by atoms with Crippen LogP contribution in [0.2, 0.25) is 0 Å². The largest absolute Gasteiger partial charge is 0.391 e. The smallest absolute Gasteiger partial charge is 0.253 e. The van der Waals surface area contributed by atoms with Crippen LogP contribution in [0.5, 0.6) is 0 Å². The Bertz CT molecular complexity index is 886. The molecule has 1 fully saturated rings. The number of carbonyl (C=O) groups is 1. The fraction of sp³-hybridized carbons (Fsp3) is 0.300. The summed E-state index contributed by atoms with van der Waals surface area (Å²) >= 11 is 1.68. The first kappa shape index (κ1) is 17.0. The molecule has 1 aliphatic rings. The van der Waals surface area contributed by atoms with E-state index in [-0.39, 0.29) is 11.8 Å². The highest BCUT2D eigenvalue weighted by Crippen LogP contribution is 2.27. The summed E-state index contributed by atoms with van der Waals surface area (Å²) < 4.78 is 5.24. The van der Waals surface area contributed by atoms with E-state index in [1.54, 1.807) is 16.2 Å². The van der Waals surface area contributed by atoms with Crippen LogP contribution in [-0.2, 0) is 6.42 Å². The van der Waals surface area contributed by atoms with Gasteiger partial charge in [-0.05, 0) is 36.1 Å². The van der Waals surface area contributed by atoms with E-state index in [0.29, 0.717) is 25.1 Å². The number of benzene rings is 1. The Balaban J connectivity index is 1.43. The number of nitrogens with zero attached hydrogens (tertiary/aromatic N) is 2. The quantitative estimate of drug-likeness (QED) is 0.767. The number of aliphatic hydroxyl groups excluding tert-OH is 1. The molecular formula is C20H20N2O3S. The van der Waals surface area contributed by atoms with E-state index in [4.69, 9.17) is 4.52 Å². The van der Waals surface area contributed by atoms with Crippen molar-refractivity contribution in [3.05, 3.63) is 64.9 Å². The maximum Gasteiger partial charge on any atom is 0.253 e. The average molecular weight is 368 g/mol. The van der Waals surface area contributed by atoms with Crippen LogP contribution in [0, 0.1) is 12.8 Å². The van der Waals surface area contributed by atoms with Gasteiger partial charge in [-0.2, -0.15) is 0 Å². The highest BCUT2D eigenvalue weighted by Gasteiger charge is 2.35. The van der Waals surface area contributed by atoms with Gasteiger partial charge in [-0.25, -0.2) is 0 Å². The van der Waals surface area contributed by atoms with E-state index in [1.165, 1.54) is 4.88 Å². The number of aromatic nitrogens is 1. The van der Waals surface area contributed by atoms with Crippen molar-refractivity contribution in [3.63, 3.8) is 0 Å². The first-order valence-corrected chi connectivity index (χ1v) is 9.51. The molecule has 1 aliphatic heterocycles. The molecule has 3 heterocycles. The molecule has 5 nitrogen and oxygen atoms in total. The lowest BCUT2D eigenvalue weighted by molar-refractivity contribution is 0.0764. The van der Waals surface area contributed by atoms with Gasteiger partial charge in [0, 0.05) is 41.9 Å². The van der Waals surface area contributed by atoms with Gasteiger partial charge in [0.1, 0.15) is 5.76 Å². The maximum atomic E-state index is 12.8. The zero-order valence-electron chi connectivity index (χ0n) is 14.5. The lowest BCUT2D eigenvalue weighted by Crippen LogP contribution is -2.29. The van der Waals surface area contributed by atoms with Crippen molar-refractivity contribution >= 4 is 17.2 Å². The fourth-order valence-electron chi connectivity index (χ4n) is 3.39. The van der Waals surface area contributed by atoms with Crippen LogP contribution >= 0.6 is 11.3 Å². The first-order chi connectivity index (χ1) is 12.6. The normalized spacial score (nSPS) is 19.8. The van der Waals surface area contributed by atoms with Gasteiger partial charge >= 0.3 is 0 Å². The minimum atomic E-state index is -0.547. The summed E-state index contributed by atoms with van der Waals surface area (Å²) in [5.74, 6) is 0.677. The van der Waals surface area contributed by atoms with Crippen molar-refractivity contribution < 1.29 is 14.4 Å². The molecule has 0 spiro atoms. The van der Waals surface area contributed by atoms with Gasteiger partial charge in [0.15, 0.2) is 0 Å². The predicted octanol–water partition coefficient (Wildman–Crippen LogP) is 3.39. The van der Waals surface area contributed by atoms with Crippen LogP contribution in [0.1, 0.15) is 21.8 Å². The van der Waals surface area contributed by atoms with Gasteiger partial charge in [0.2, 0.25) is 0 Å². The zero-order chi connectivity index (χ0) is 18.1. The van der Waals surface area contributed by atoms with Gasteiger partial charge in [-0.15, -0.1) is 11.3 Å². The third-order valence-corrected chi connectivity index (χ3v) is 5.69. The number of aryl methyl sites for hydroxylation is 1. The van der Waals surface area contributed by atoms with E-state index in [2.05, 4.69) is 11.2 Å². The summed E-state index contributed by atoms with van der Waals surface area (Å²) in [5.41, 5.74) is 2.58. The first-order valence-electron chi connectivity index (χ1n) is 8.63. The molecule has 6 heteroatoms. The van der Waals surface area contributed by atoms with E-state index >= 15 is 0 Å². The number of amides is 1. The molecule has 1 N–H and O–H groups in total. The van der Waals surface area contributed by atoms with Gasteiger partial charge in [0.05, 0.1) is 11.8 Å². The van der Waals surface area contributed by atoms with Crippen molar-refractivity contribution in [1.82, 2.24) is 10.1 Å². The van der Waals surface area contributed by atoms with Crippen LogP contribution in [0.15, 0.2) is 52.4 Å². The van der Waals surface area contributed by atoms with E-state index < -0.39 is 6.10 Å². The molecule has 2 aromatic heterocycles. The highest BCUT2D eigenvalue weighted by molar-refractivity contribution is 7.13. The second-order valence-electron chi connectivity index (χ2n) is 6.73. The lowest BCUT2D eigenvalue weighted by atomic mass is 10.0. The number of rotatable bonds is 4. The zero-order valence-corrected chi connectivity index (χ0v) is 15.3. The SMILES string of the molecule is Cc1cc(C[C@@H]2CN(C(=O)c3ccc(-c4cccs4)cc3)C[C@H]2O)on1. The summed E-state index contributed by atoms with van der Waals surface area (Å²) in [5, 5.41) is 16.3. The third-order valence-electron chi connectivity index (χ3n) is 4.77. The van der Waals surface area contributed by atoms with Gasteiger partial charge in [-0.1, -0.05) is 23.4 Å². The minimum Gasteiger partial charge on any atom is -0.391 e. The molecule has 1 saturated heterocycles. The fourth-order valence-corrected chi connectivity index (χ4v) is 4.13. The van der Waals surface area contributed by atoms with Crippen LogP contribution < -0.4 is 0 Å². The van der Waals surface area contributed by atoms with Crippen LogP contribution in [0.4, 0.5) is 0 Å². The average Bonchev–Trinajstić information content (AvgIpc) is 3.38. The van der Waals surface area contributed by atoms with Crippen molar-refractivity contribution in [3.8, 4) is 10.4 Å². The summed E-state index contributed by atoms with van der Waals surface area (Å²) in [6.45, 7) is 2.74. The van der Waals surface area contributed by atoms with Crippen molar-refractivity contribution in [2.45, 2.75) is 19.4 Å². The highest BCUT2D eigenvalue weighted by atomic mass is 32.1. The number of β-amino-alcohol motifs (C(OH)–C–C–N with tert-alkyl or cyclic N) is 1. The van der Waals surface area contributed by atoms with Crippen molar-refractivity contribution in [2.75, 3.05) is 13.1 Å². The van der Waals surface area contributed by atoms with Gasteiger partial charge in [-0.3, -0.25) is 4.79 Å². The molecule has 0 unspecified atom stereocenters. The Morgan fingerprint density at radius 1 is 1.31 bits per heavy atom. The molecule has 3 aromatic rings. The Hall–Kier alpha value is -2.44. The van der Waals surface area contributed by atoms with Crippen LogP contribution in [-0.4, -0.2) is 40.3 Å². The Morgan fingerprint density at radius 2 is 2.12 bits per heavy atom. The van der Waals surface area contributed by atoms with E-state index in [0.717, 1.165) is 17.0 Å². The van der Waals surface area contributed by atoms with Gasteiger partial charge in [0.25, 0.3) is 5.91 Å². The monoisotopic (exact) mass is 368 g/mol. The molecule has 1 aromatic carbocycles. The summed E-state index contributed by atoms with van der Waals surface area (Å²) in [4.78, 5) is 15.7. The number of likely N-dealkylation sites (tertiary alicyclic amines) is 1. The van der Waals surface area contributed by atoms with Crippen molar-refractivity contribution in [2.24, 2.45) is 5.92 Å². The Kier molecular flexibility index (Phi) is 4.61. The lowest BCUT2D eigenvalue weighted by Gasteiger charge is -2.16. The second kappa shape index (κ2) is 7.05. The molecule has 1 amide bonds. The van der Waals surface area contributed by atoms with Crippen molar-refractivity contribution in [1.29, 1.82) is 0 Å². The number of thiophene rings is 1. The molecule has 26 heavy (non-hydrogen) atoms. The summed E-state index contributed by atoms with van der Waals surface area (Å²) in [7, 11) is 0. The van der Waals surface area contributed by atoms with E-state index in [9.17, 15) is 9.90 Å². The predicted molar refractivity (Wildman–Crippen MR) is 100 cm³/mol. The van der Waals surface area contributed by atoms with E-state index in [1.807, 2.05) is 48.7 Å². The molecule has 0 bridgehead atoms. The molecule has 0 saturated carbocycles. The van der Waals surface area contributed by atoms with Gasteiger partial charge < -0.3 is 14.5 Å². The third kappa shape index (κ3) is 3.43. The second-order valence-corrected chi connectivity index (χ2v) is 7.68.